The number of carboxylic acid groups (broad SMARTS) is 1. The van der Waals surface area contributed by atoms with Gasteiger partial charge in [0.1, 0.15) is 5.76 Å². The Balaban J connectivity index is 3.15. The van der Waals surface area contributed by atoms with Gasteiger partial charge in [-0.3, -0.25) is 0 Å². The molecule has 0 amide bonds. The van der Waals surface area contributed by atoms with Gasteiger partial charge in [0.15, 0.2) is 0 Å². The van der Waals surface area contributed by atoms with Crippen molar-refractivity contribution in [1.82, 2.24) is 0 Å². The number of carboxylic acids is 1. The lowest BCUT2D eigenvalue weighted by Gasteiger charge is -2.23. The van der Waals surface area contributed by atoms with Crippen LogP contribution in [0.25, 0.3) is 0 Å². The summed E-state index contributed by atoms with van der Waals surface area (Å²) in [7, 11) is -5.81. The Morgan fingerprint density at radius 2 is 2.00 bits per heavy atom. The Kier molecular flexibility index (Phi) is 3.94. The quantitative estimate of drug-likeness (QED) is 0.634. The van der Waals surface area contributed by atoms with E-state index in [0.29, 0.717) is 12.8 Å². The molecule has 1 N–H and O–H groups in total. The van der Waals surface area contributed by atoms with Crippen LogP contribution in [0, 0.1) is 5.92 Å². The number of allylic oxidation sites excluding steroid dienone is 1. The van der Waals surface area contributed by atoms with E-state index in [1.807, 2.05) is 0 Å². The first-order chi connectivity index (χ1) is 8.06. The molecule has 0 spiro atoms. The molecule has 0 aliphatic heterocycles. The van der Waals surface area contributed by atoms with Crippen LogP contribution in [0.3, 0.4) is 0 Å². The second-order valence-corrected chi connectivity index (χ2v) is 5.46. The van der Waals surface area contributed by atoms with Crippen molar-refractivity contribution in [3.05, 3.63) is 11.3 Å². The minimum Gasteiger partial charge on any atom is -0.478 e. The smallest absolute Gasteiger partial charge is 0.478 e. The van der Waals surface area contributed by atoms with Crippen LogP contribution >= 0.6 is 0 Å². The molecule has 0 saturated carbocycles. The van der Waals surface area contributed by atoms with Crippen molar-refractivity contribution in [2.45, 2.75) is 31.7 Å². The molecule has 9 heteroatoms. The maximum Gasteiger partial charge on any atom is 0.534 e. The minimum atomic E-state index is -5.81. The molecule has 0 radical (unpaired) electrons. The number of hydrogen-bond donors (Lipinski definition) is 1. The second-order valence-electron chi connectivity index (χ2n) is 3.92. The maximum atomic E-state index is 12.1. The summed E-state index contributed by atoms with van der Waals surface area (Å²) in [6.07, 6.45) is 0.697. The molecular formula is C9H11F3O5S. The Bertz CT molecular complexity index is 477. The topological polar surface area (TPSA) is 80.7 Å². The van der Waals surface area contributed by atoms with E-state index < -0.39 is 38.8 Å². The zero-order chi connectivity index (χ0) is 14.1. The first kappa shape index (κ1) is 14.8. The van der Waals surface area contributed by atoms with Gasteiger partial charge in [0.25, 0.3) is 0 Å². The highest BCUT2D eigenvalue weighted by Gasteiger charge is 2.49. The van der Waals surface area contributed by atoms with Crippen molar-refractivity contribution in [2.75, 3.05) is 0 Å². The molecule has 1 atom stereocenters. The van der Waals surface area contributed by atoms with Crippen LogP contribution in [-0.2, 0) is 19.1 Å². The largest absolute Gasteiger partial charge is 0.534 e. The zero-order valence-corrected chi connectivity index (χ0v) is 10.1. The summed E-state index contributed by atoms with van der Waals surface area (Å²) in [6, 6.07) is 0. The summed E-state index contributed by atoms with van der Waals surface area (Å²) >= 11 is 0. The van der Waals surface area contributed by atoms with Gasteiger partial charge in [-0.1, -0.05) is 6.92 Å². The van der Waals surface area contributed by atoms with Crippen molar-refractivity contribution in [3.8, 4) is 0 Å². The molecule has 0 saturated heterocycles. The SMILES string of the molecule is CC1CCCC(OS(=O)(=O)C(F)(F)F)=C1C(=O)O. The Morgan fingerprint density at radius 1 is 1.44 bits per heavy atom. The summed E-state index contributed by atoms with van der Waals surface area (Å²) in [5.74, 6) is -2.64. The van der Waals surface area contributed by atoms with Crippen LogP contribution in [0.2, 0.25) is 0 Å². The van der Waals surface area contributed by atoms with E-state index in [9.17, 15) is 26.4 Å². The average Bonchev–Trinajstić information content (AvgIpc) is 2.14. The molecule has 0 bridgehead atoms. The van der Waals surface area contributed by atoms with E-state index in [-0.39, 0.29) is 6.42 Å². The number of aliphatic carboxylic acids is 1. The third-order valence-electron chi connectivity index (χ3n) is 2.56. The Morgan fingerprint density at radius 3 is 2.44 bits per heavy atom. The molecule has 0 aromatic rings. The standard InChI is InChI=1S/C9H11F3O5S/c1-5-3-2-4-6(7(5)8(13)14)17-18(15,16)9(10,11)12/h5H,2-4H2,1H3,(H,13,14). The Labute approximate surface area is 101 Å². The molecular weight excluding hydrogens is 277 g/mol. The van der Waals surface area contributed by atoms with Gasteiger partial charge in [-0.25, -0.2) is 4.79 Å². The number of halogens is 3. The predicted octanol–water partition coefficient (Wildman–Crippen LogP) is 2.01. The van der Waals surface area contributed by atoms with Crippen LogP contribution < -0.4 is 0 Å². The summed E-state index contributed by atoms with van der Waals surface area (Å²) in [5.41, 5.74) is -5.97. The molecule has 0 aromatic heterocycles. The molecule has 1 unspecified atom stereocenters. The van der Waals surface area contributed by atoms with Crippen LogP contribution in [0.1, 0.15) is 26.2 Å². The number of alkyl halides is 3. The molecule has 18 heavy (non-hydrogen) atoms. The predicted molar refractivity (Wildman–Crippen MR) is 53.7 cm³/mol. The van der Waals surface area contributed by atoms with E-state index in [1.54, 1.807) is 0 Å². The number of carbonyl (C=O) groups is 1. The van der Waals surface area contributed by atoms with Gasteiger partial charge in [0.2, 0.25) is 0 Å². The van der Waals surface area contributed by atoms with E-state index in [0.717, 1.165) is 0 Å². The average molecular weight is 288 g/mol. The normalized spacial score (nSPS) is 21.9. The lowest BCUT2D eigenvalue weighted by Crippen LogP contribution is -2.28. The minimum absolute atomic E-state index is 0.138. The maximum absolute atomic E-state index is 12.1. The van der Waals surface area contributed by atoms with E-state index in [2.05, 4.69) is 4.18 Å². The lowest BCUT2D eigenvalue weighted by molar-refractivity contribution is -0.133. The fourth-order valence-electron chi connectivity index (χ4n) is 1.72. The van der Waals surface area contributed by atoms with Gasteiger partial charge in [0, 0.05) is 6.42 Å². The molecule has 1 aliphatic rings. The summed E-state index contributed by atoms with van der Waals surface area (Å²) in [5, 5.41) is 8.86. The summed E-state index contributed by atoms with van der Waals surface area (Å²) in [6.45, 7) is 1.49. The highest BCUT2D eigenvalue weighted by Crippen LogP contribution is 2.35. The van der Waals surface area contributed by atoms with Gasteiger partial charge < -0.3 is 9.29 Å². The van der Waals surface area contributed by atoms with E-state index >= 15 is 0 Å². The summed E-state index contributed by atoms with van der Waals surface area (Å²) in [4.78, 5) is 10.9. The van der Waals surface area contributed by atoms with Crippen molar-refractivity contribution >= 4 is 16.1 Å². The first-order valence-electron chi connectivity index (χ1n) is 5.03. The lowest BCUT2D eigenvalue weighted by atomic mass is 9.88. The van der Waals surface area contributed by atoms with Gasteiger partial charge in [0.05, 0.1) is 5.57 Å². The first-order valence-corrected chi connectivity index (χ1v) is 6.44. The molecule has 5 nitrogen and oxygen atoms in total. The van der Waals surface area contributed by atoms with Crippen LogP contribution in [0.15, 0.2) is 11.3 Å². The fourth-order valence-corrected chi connectivity index (χ4v) is 2.25. The zero-order valence-electron chi connectivity index (χ0n) is 9.32. The van der Waals surface area contributed by atoms with E-state index in [4.69, 9.17) is 5.11 Å². The second kappa shape index (κ2) is 4.79. The molecule has 104 valence electrons. The van der Waals surface area contributed by atoms with Crippen molar-refractivity contribution in [1.29, 1.82) is 0 Å². The fraction of sp³-hybridized carbons (Fsp3) is 0.667. The molecule has 1 rings (SSSR count). The highest BCUT2D eigenvalue weighted by molar-refractivity contribution is 7.87. The molecule has 0 aromatic carbocycles. The molecule has 1 aliphatic carbocycles. The van der Waals surface area contributed by atoms with Gasteiger partial charge in [-0.2, -0.15) is 21.6 Å². The molecule has 0 fully saturated rings. The van der Waals surface area contributed by atoms with Crippen molar-refractivity contribution < 1.29 is 35.7 Å². The van der Waals surface area contributed by atoms with Crippen molar-refractivity contribution in [2.24, 2.45) is 5.92 Å². The molecule has 0 heterocycles. The van der Waals surface area contributed by atoms with Gasteiger partial charge >= 0.3 is 21.6 Å². The number of rotatable bonds is 3. The van der Waals surface area contributed by atoms with Gasteiger partial charge in [-0.05, 0) is 18.8 Å². The monoisotopic (exact) mass is 288 g/mol. The van der Waals surface area contributed by atoms with Crippen LogP contribution in [0.5, 0.6) is 0 Å². The van der Waals surface area contributed by atoms with Gasteiger partial charge in [-0.15, -0.1) is 0 Å². The summed E-state index contributed by atoms with van der Waals surface area (Å²) < 4.78 is 62.0. The highest BCUT2D eigenvalue weighted by atomic mass is 32.2. The Hall–Kier alpha value is -1.25. The van der Waals surface area contributed by atoms with E-state index in [1.165, 1.54) is 6.92 Å². The van der Waals surface area contributed by atoms with Crippen LogP contribution in [-0.4, -0.2) is 25.0 Å². The third-order valence-corrected chi connectivity index (χ3v) is 3.55. The van der Waals surface area contributed by atoms with Crippen molar-refractivity contribution in [3.63, 3.8) is 0 Å². The van der Waals surface area contributed by atoms with Crippen LogP contribution in [0.4, 0.5) is 13.2 Å². The third kappa shape index (κ3) is 2.95. The number of hydrogen-bond acceptors (Lipinski definition) is 4.